The number of hydrogen-bond acceptors (Lipinski definition) is 7. The number of nitrogens with zero attached hydrogens (tertiary/aromatic N) is 7. The lowest BCUT2D eigenvalue weighted by Crippen LogP contribution is -2.14. The van der Waals surface area contributed by atoms with Crippen LogP contribution in [0.25, 0.3) is 17.2 Å². The third kappa shape index (κ3) is 4.09. The molecule has 0 aromatic carbocycles. The SMILES string of the molecule is COc1nn(-c2cccnc2C(F)(F)F)cc1C(=O)Nc1cccc(-c2nnc3n2[C@@H](C)CC3)n1. The van der Waals surface area contributed by atoms with Gasteiger partial charge in [-0.25, -0.2) is 14.6 Å². The molecule has 1 amide bonds. The van der Waals surface area contributed by atoms with Crippen molar-refractivity contribution in [1.29, 1.82) is 0 Å². The first kappa shape index (κ1) is 22.5. The number of aryl methyl sites for hydroxylation is 1. The van der Waals surface area contributed by atoms with E-state index in [1.165, 1.54) is 19.2 Å². The maximum absolute atomic E-state index is 13.4. The molecule has 35 heavy (non-hydrogen) atoms. The molecule has 0 aliphatic carbocycles. The number of rotatable bonds is 5. The van der Waals surface area contributed by atoms with Crippen molar-refractivity contribution in [2.45, 2.75) is 32.0 Å². The number of pyridine rings is 2. The summed E-state index contributed by atoms with van der Waals surface area (Å²) in [6, 6.07) is 7.84. The van der Waals surface area contributed by atoms with Crippen LogP contribution in [0, 0.1) is 0 Å². The average Bonchev–Trinajstić information content (AvgIpc) is 3.55. The summed E-state index contributed by atoms with van der Waals surface area (Å²) in [6.07, 6.45) is -0.726. The van der Waals surface area contributed by atoms with E-state index < -0.39 is 17.8 Å². The maximum atomic E-state index is 13.4. The zero-order valence-electron chi connectivity index (χ0n) is 18.6. The van der Waals surface area contributed by atoms with Gasteiger partial charge in [-0.2, -0.15) is 13.2 Å². The highest BCUT2D eigenvalue weighted by molar-refractivity contribution is 6.05. The third-order valence-electron chi connectivity index (χ3n) is 5.63. The van der Waals surface area contributed by atoms with Crippen LogP contribution in [0.1, 0.15) is 41.3 Å². The van der Waals surface area contributed by atoms with Gasteiger partial charge in [-0.15, -0.1) is 15.3 Å². The van der Waals surface area contributed by atoms with Crippen LogP contribution in [-0.4, -0.2) is 47.5 Å². The zero-order valence-corrected chi connectivity index (χ0v) is 18.6. The van der Waals surface area contributed by atoms with Gasteiger partial charge < -0.3 is 14.6 Å². The number of hydrogen-bond donors (Lipinski definition) is 1. The average molecular weight is 484 g/mol. The van der Waals surface area contributed by atoms with Crippen LogP contribution in [0.3, 0.4) is 0 Å². The van der Waals surface area contributed by atoms with E-state index in [1.54, 1.807) is 18.2 Å². The summed E-state index contributed by atoms with van der Waals surface area (Å²) in [4.78, 5) is 20.9. The number of aromatic nitrogens is 7. The minimum Gasteiger partial charge on any atom is -0.479 e. The van der Waals surface area contributed by atoms with Crippen LogP contribution in [0.5, 0.6) is 5.88 Å². The van der Waals surface area contributed by atoms with Gasteiger partial charge in [0.05, 0.1) is 12.8 Å². The van der Waals surface area contributed by atoms with Crippen molar-refractivity contribution in [2.24, 2.45) is 0 Å². The van der Waals surface area contributed by atoms with Gasteiger partial charge in [0.1, 0.15) is 22.9 Å². The Morgan fingerprint density at radius 3 is 2.80 bits per heavy atom. The van der Waals surface area contributed by atoms with Gasteiger partial charge in [0.15, 0.2) is 11.5 Å². The number of carbonyl (C=O) groups excluding carboxylic acids is 1. The smallest absolute Gasteiger partial charge is 0.435 e. The largest absolute Gasteiger partial charge is 0.479 e. The Morgan fingerprint density at radius 2 is 2.03 bits per heavy atom. The molecule has 0 unspecified atom stereocenters. The second-order valence-electron chi connectivity index (χ2n) is 7.93. The van der Waals surface area contributed by atoms with Crippen LogP contribution in [0.4, 0.5) is 19.0 Å². The minimum atomic E-state index is -4.71. The molecule has 1 aliphatic heterocycles. The number of anilines is 1. The van der Waals surface area contributed by atoms with E-state index in [2.05, 4.69) is 37.5 Å². The van der Waals surface area contributed by atoms with Crippen LogP contribution < -0.4 is 10.1 Å². The Bertz CT molecular complexity index is 1410. The van der Waals surface area contributed by atoms with Gasteiger partial charge in [0.2, 0.25) is 5.88 Å². The number of alkyl halides is 3. The molecule has 1 aliphatic rings. The monoisotopic (exact) mass is 484 g/mol. The van der Waals surface area contributed by atoms with Crippen molar-refractivity contribution in [3.8, 4) is 23.1 Å². The molecule has 10 nitrogen and oxygen atoms in total. The number of methoxy groups -OCH3 is 1. The highest BCUT2D eigenvalue weighted by Gasteiger charge is 2.36. The van der Waals surface area contributed by atoms with E-state index in [9.17, 15) is 18.0 Å². The molecule has 1 N–H and O–H groups in total. The summed E-state index contributed by atoms with van der Waals surface area (Å²) >= 11 is 0. The number of fused-ring (bicyclic) bond motifs is 1. The van der Waals surface area contributed by atoms with E-state index in [4.69, 9.17) is 4.74 Å². The molecule has 0 spiro atoms. The summed E-state index contributed by atoms with van der Waals surface area (Å²) in [7, 11) is 1.27. The molecule has 0 saturated carbocycles. The molecule has 13 heteroatoms. The Labute approximate surface area is 196 Å². The van der Waals surface area contributed by atoms with Crippen LogP contribution in [0.2, 0.25) is 0 Å². The Balaban J connectivity index is 1.44. The molecule has 0 fully saturated rings. The first-order chi connectivity index (χ1) is 16.8. The molecule has 180 valence electrons. The van der Waals surface area contributed by atoms with Gasteiger partial charge in [-0.3, -0.25) is 4.79 Å². The number of carbonyl (C=O) groups is 1. The van der Waals surface area contributed by atoms with Gasteiger partial charge in [-0.05, 0) is 37.6 Å². The molecule has 0 bridgehead atoms. The molecule has 1 atom stereocenters. The van der Waals surface area contributed by atoms with Crippen molar-refractivity contribution in [1.82, 2.24) is 34.5 Å². The van der Waals surface area contributed by atoms with E-state index >= 15 is 0 Å². The zero-order chi connectivity index (χ0) is 24.7. The predicted molar refractivity (Wildman–Crippen MR) is 117 cm³/mol. The van der Waals surface area contributed by atoms with Gasteiger partial charge in [-0.1, -0.05) is 6.07 Å². The topological polar surface area (TPSA) is 113 Å². The molecule has 4 aromatic rings. The lowest BCUT2D eigenvalue weighted by molar-refractivity contribution is -0.141. The maximum Gasteiger partial charge on any atom is 0.435 e. The molecular formula is C22H19F3N8O2. The van der Waals surface area contributed by atoms with Crippen LogP contribution in [0.15, 0.2) is 42.7 Å². The Kier molecular flexibility index (Phi) is 5.46. The number of halogens is 3. The van der Waals surface area contributed by atoms with Crippen molar-refractivity contribution >= 4 is 11.7 Å². The molecule has 5 heterocycles. The summed E-state index contributed by atoms with van der Waals surface area (Å²) in [6.45, 7) is 2.07. The fourth-order valence-electron chi connectivity index (χ4n) is 4.00. The quantitative estimate of drug-likeness (QED) is 0.460. The van der Waals surface area contributed by atoms with E-state index in [-0.39, 0.29) is 29.0 Å². The predicted octanol–water partition coefficient (Wildman–Crippen LogP) is 3.71. The number of ether oxygens (including phenoxy) is 1. The number of amides is 1. The van der Waals surface area contributed by atoms with Crippen molar-refractivity contribution < 1.29 is 22.7 Å². The molecular weight excluding hydrogens is 465 g/mol. The fourth-order valence-corrected chi connectivity index (χ4v) is 4.00. The van der Waals surface area contributed by atoms with Crippen LogP contribution >= 0.6 is 0 Å². The van der Waals surface area contributed by atoms with E-state index in [1.807, 2.05) is 4.57 Å². The summed E-state index contributed by atoms with van der Waals surface area (Å²) < 4.78 is 48.3. The van der Waals surface area contributed by atoms with Gasteiger partial charge in [0.25, 0.3) is 5.91 Å². The molecule has 4 aromatic heterocycles. The standard InChI is InChI=1S/C22H19F3N8O2/c1-12-8-9-17-29-30-19(33(12)17)14-5-3-7-16(27-14)28-20(34)13-11-32(31-21(13)35-2)15-6-4-10-26-18(15)22(23,24)25/h3-7,10-12H,8-9H2,1-2H3,(H,27,28,34)/t12-/m0/s1. The van der Waals surface area contributed by atoms with Crippen molar-refractivity contribution in [3.05, 3.63) is 59.8 Å². The Hall–Kier alpha value is -4.29. The fraction of sp³-hybridized carbons (Fsp3) is 0.273. The lowest BCUT2D eigenvalue weighted by Gasteiger charge is -2.10. The third-order valence-corrected chi connectivity index (χ3v) is 5.63. The highest BCUT2D eigenvalue weighted by Crippen LogP contribution is 2.33. The van der Waals surface area contributed by atoms with E-state index in [0.29, 0.717) is 11.5 Å². The lowest BCUT2D eigenvalue weighted by atomic mass is 10.2. The molecule has 0 saturated heterocycles. The molecule has 0 radical (unpaired) electrons. The van der Waals surface area contributed by atoms with Crippen LogP contribution in [-0.2, 0) is 12.6 Å². The second kappa shape index (κ2) is 8.49. The Morgan fingerprint density at radius 1 is 1.20 bits per heavy atom. The molecule has 5 rings (SSSR count). The summed E-state index contributed by atoms with van der Waals surface area (Å²) in [5.74, 6) is 0.898. The first-order valence-electron chi connectivity index (χ1n) is 10.6. The van der Waals surface area contributed by atoms with Crippen molar-refractivity contribution in [3.63, 3.8) is 0 Å². The van der Waals surface area contributed by atoms with Crippen molar-refractivity contribution in [2.75, 3.05) is 12.4 Å². The second-order valence-corrected chi connectivity index (χ2v) is 7.93. The number of nitrogens with one attached hydrogen (secondary N) is 1. The first-order valence-corrected chi connectivity index (χ1v) is 10.6. The minimum absolute atomic E-state index is 0.0753. The summed E-state index contributed by atoms with van der Waals surface area (Å²) in [5, 5.41) is 15.1. The van der Waals surface area contributed by atoms with Gasteiger partial charge in [0, 0.05) is 24.9 Å². The summed E-state index contributed by atoms with van der Waals surface area (Å²) in [5.41, 5.74) is -1.02. The highest BCUT2D eigenvalue weighted by atomic mass is 19.4. The van der Waals surface area contributed by atoms with E-state index in [0.717, 1.165) is 35.7 Å². The normalized spacial score (nSPS) is 15.2. The van der Waals surface area contributed by atoms with Gasteiger partial charge >= 0.3 is 6.18 Å².